The van der Waals surface area contributed by atoms with Crippen molar-refractivity contribution in [3.05, 3.63) is 78.4 Å². The molecule has 3 aromatic rings. The number of amides is 2. The van der Waals surface area contributed by atoms with Crippen LogP contribution in [0.25, 0.3) is 0 Å². The minimum absolute atomic E-state index is 0.0449. The van der Waals surface area contributed by atoms with Crippen LogP contribution in [0.15, 0.2) is 66.7 Å². The van der Waals surface area contributed by atoms with E-state index in [2.05, 4.69) is 15.6 Å². The molecular weight excluding hydrogens is 396 g/mol. The van der Waals surface area contributed by atoms with Gasteiger partial charge in [0.25, 0.3) is 11.8 Å². The van der Waals surface area contributed by atoms with Crippen LogP contribution in [0.3, 0.4) is 0 Å². The smallest absolute Gasteiger partial charge is 0.263 e. The molecule has 0 aliphatic carbocycles. The molecule has 1 heterocycles. The maximum absolute atomic E-state index is 13.5. The Bertz CT molecular complexity index is 967. The number of nitrogens with zero attached hydrogens (tertiary/aromatic N) is 1. The highest BCUT2D eigenvalue weighted by molar-refractivity contribution is 5.93. The van der Waals surface area contributed by atoms with E-state index in [1.807, 2.05) is 0 Å². The molecule has 7 nitrogen and oxygen atoms in total. The van der Waals surface area contributed by atoms with Gasteiger partial charge in [0.2, 0.25) is 0 Å². The number of nitrogens with one attached hydrogen (secondary N) is 2. The van der Waals surface area contributed by atoms with Crippen LogP contribution in [0.4, 0.5) is 20.4 Å². The normalized spacial score (nSPS) is 10.2. The van der Waals surface area contributed by atoms with Gasteiger partial charge >= 0.3 is 0 Å². The largest absolute Gasteiger partial charge is 0.481 e. The highest BCUT2D eigenvalue weighted by Gasteiger charge is 2.10. The fraction of sp³-hybridized carbons (Fsp3) is 0.0952. The molecule has 154 valence electrons. The van der Waals surface area contributed by atoms with Crippen molar-refractivity contribution in [3.63, 3.8) is 0 Å². The van der Waals surface area contributed by atoms with Crippen molar-refractivity contribution in [2.75, 3.05) is 23.8 Å². The lowest BCUT2D eigenvalue weighted by atomic mass is 10.3. The quantitative estimate of drug-likeness (QED) is 0.591. The van der Waals surface area contributed by atoms with Gasteiger partial charge in [0, 0.05) is 0 Å². The molecular formula is C21H17F2N3O4. The van der Waals surface area contributed by atoms with Crippen LogP contribution in [-0.2, 0) is 9.59 Å². The number of aromatic nitrogens is 1. The Balaban J connectivity index is 1.50. The Morgan fingerprint density at radius 2 is 1.13 bits per heavy atom. The Kier molecular flexibility index (Phi) is 6.88. The van der Waals surface area contributed by atoms with E-state index in [-0.39, 0.29) is 23.1 Å². The SMILES string of the molecule is O=C(COc1ccccc1F)Nc1cccc(NC(=O)COc2ccccc2F)n1. The molecule has 0 aliphatic rings. The zero-order valence-corrected chi connectivity index (χ0v) is 15.6. The van der Waals surface area contributed by atoms with E-state index in [1.165, 1.54) is 48.5 Å². The minimum Gasteiger partial charge on any atom is -0.481 e. The number of benzene rings is 2. The molecule has 0 unspecified atom stereocenters. The number of hydrogen-bond donors (Lipinski definition) is 2. The third kappa shape index (κ3) is 5.99. The van der Waals surface area contributed by atoms with Crippen molar-refractivity contribution in [1.29, 1.82) is 0 Å². The van der Waals surface area contributed by atoms with Crippen molar-refractivity contribution in [1.82, 2.24) is 4.98 Å². The maximum Gasteiger partial charge on any atom is 0.263 e. The first-order valence-electron chi connectivity index (χ1n) is 8.82. The molecule has 0 fully saturated rings. The molecule has 0 saturated carbocycles. The van der Waals surface area contributed by atoms with Crippen molar-refractivity contribution in [2.24, 2.45) is 0 Å². The summed E-state index contributed by atoms with van der Waals surface area (Å²) in [5, 5.41) is 4.96. The van der Waals surface area contributed by atoms with Crippen LogP contribution < -0.4 is 20.1 Å². The summed E-state index contributed by atoms with van der Waals surface area (Å²) in [5.41, 5.74) is 0. The Morgan fingerprint density at radius 3 is 1.57 bits per heavy atom. The van der Waals surface area contributed by atoms with E-state index >= 15 is 0 Å². The number of para-hydroxylation sites is 2. The zero-order valence-electron chi connectivity index (χ0n) is 15.6. The molecule has 9 heteroatoms. The molecule has 0 atom stereocenters. The molecule has 3 rings (SSSR count). The van der Waals surface area contributed by atoms with E-state index in [1.54, 1.807) is 18.2 Å². The summed E-state index contributed by atoms with van der Waals surface area (Å²) < 4.78 is 37.2. The van der Waals surface area contributed by atoms with E-state index in [0.29, 0.717) is 0 Å². The van der Waals surface area contributed by atoms with Gasteiger partial charge in [-0.3, -0.25) is 9.59 Å². The summed E-state index contributed by atoms with van der Waals surface area (Å²) in [4.78, 5) is 28.0. The molecule has 0 spiro atoms. The third-order valence-electron chi connectivity index (χ3n) is 3.67. The van der Waals surface area contributed by atoms with Gasteiger partial charge in [-0.2, -0.15) is 0 Å². The van der Waals surface area contributed by atoms with Crippen LogP contribution >= 0.6 is 0 Å². The number of halogens is 2. The van der Waals surface area contributed by atoms with E-state index in [9.17, 15) is 18.4 Å². The first-order valence-corrected chi connectivity index (χ1v) is 8.82. The van der Waals surface area contributed by atoms with Gasteiger partial charge in [-0.1, -0.05) is 30.3 Å². The molecule has 0 radical (unpaired) electrons. The molecule has 1 aromatic heterocycles. The summed E-state index contributed by atoms with van der Waals surface area (Å²) in [5.74, 6) is -2.05. The fourth-order valence-electron chi connectivity index (χ4n) is 2.34. The lowest BCUT2D eigenvalue weighted by Crippen LogP contribution is -2.23. The Morgan fingerprint density at radius 1 is 0.700 bits per heavy atom. The molecule has 0 aliphatic heterocycles. The van der Waals surface area contributed by atoms with E-state index in [4.69, 9.17) is 9.47 Å². The second-order valence-corrected chi connectivity index (χ2v) is 5.94. The highest BCUT2D eigenvalue weighted by Crippen LogP contribution is 2.16. The number of carbonyl (C=O) groups excluding carboxylic acids is 2. The number of pyridine rings is 1. The van der Waals surface area contributed by atoms with Crippen LogP contribution in [0.5, 0.6) is 11.5 Å². The van der Waals surface area contributed by atoms with E-state index < -0.39 is 36.7 Å². The molecule has 2 amide bonds. The summed E-state index contributed by atoms with van der Waals surface area (Å²) in [6.07, 6.45) is 0. The van der Waals surface area contributed by atoms with E-state index in [0.717, 1.165) is 0 Å². The van der Waals surface area contributed by atoms with Gasteiger partial charge in [-0.15, -0.1) is 0 Å². The van der Waals surface area contributed by atoms with Gasteiger partial charge in [-0.05, 0) is 36.4 Å². The molecule has 0 bridgehead atoms. The van der Waals surface area contributed by atoms with Crippen molar-refractivity contribution in [2.45, 2.75) is 0 Å². The van der Waals surface area contributed by atoms with Crippen LogP contribution in [-0.4, -0.2) is 30.0 Å². The lowest BCUT2D eigenvalue weighted by molar-refractivity contribution is -0.118. The zero-order chi connectivity index (χ0) is 21.3. The number of anilines is 2. The van der Waals surface area contributed by atoms with Crippen molar-refractivity contribution in [3.8, 4) is 11.5 Å². The fourth-order valence-corrected chi connectivity index (χ4v) is 2.34. The molecule has 2 N–H and O–H groups in total. The average molecular weight is 413 g/mol. The predicted octanol–water partition coefficient (Wildman–Crippen LogP) is 3.39. The maximum atomic E-state index is 13.5. The molecule has 0 saturated heterocycles. The lowest BCUT2D eigenvalue weighted by Gasteiger charge is -2.10. The van der Waals surface area contributed by atoms with Crippen LogP contribution in [0.1, 0.15) is 0 Å². The second kappa shape index (κ2) is 9.97. The summed E-state index contributed by atoms with van der Waals surface area (Å²) >= 11 is 0. The Hall–Kier alpha value is -4.01. The number of hydrogen-bond acceptors (Lipinski definition) is 5. The predicted molar refractivity (Wildman–Crippen MR) is 105 cm³/mol. The minimum atomic E-state index is -0.578. The second-order valence-electron chi connectivity index (χ2n) is 5.94. The summed E-state index contributed by atoms with van der Waals surface area (Å²) in [7, 11) is 0. The number of rotatable bonds is 8. The standard InChI is InChI=1S/C21H17F2N3O4/c22-14-6-1-3-8-16(14)29-12-20(27)25-18-10-5-11-19(24-18)26-21(28)13-30-17-9-4-2-7-15(17)23/h1-11H,12-13H2,(H2,24,25,26,27,28). The van der Waals surface area contributed by atoms with Crippen LogP contribution in [0, 0.1) is 11.6 Å². The Labute approximate surface area is 170 Å². The first kappa shape index (κ1) is 20.7. The van der Waals surface area contributed by atoms with Gasteiger partial charge in [0.05, 0.1) is 0 Å². The van der Waals surface area contributed by atoms with Crippen molar-refractivity contribution < 1.29 is 27.8 Å². The molecule has 2 aromatic carbocycles. The van der Waals surface area contributed by atoms with Gasteiger partial charge in [0.15, 0.2) is 36.3 Å². The number of carbonyl (C=O) groups is 2. The van der Waals surface area contributed by atoms with Gasteiger partial charge in [-0.25, -0.2) is 13.8 Å². The third-order valence-corrected chi connectivity index (χ3v) is 3.67. The summed E-state index contributed by atoms with van der Waals surface area (Å²) in [6, 6.07) is 16.0. The van der Waals surface area contributed by atoms with Crippen molar-refractivity contribution >= 4 is 23.5 Å². The van der Waals surface area contributed by atoms with Gasteiger partial charge < -0.3 is 20.1 Å². The monoisotopic (exact) mass is 413 g/mol. The van der Waals surface area contributed by atoms with Gasteiger partial charge in [0.1, 0.15) is 11.6 Å². The molecule has 30 heavy (non-hydrogen) atoms. The van der Waals surface area contributed by atoms with Crippen LogP contribution in [0.2, 0.25) is 0 Å². The highest BCUT2D eigenvalue weighted by atomic mass is 19.1. The first-order chi connectivity index (χ1) is 14.5. The average Bonchev–Trinajstić information content (AvgIpc) is 2.73. The topological polar surface area (TPSA) is 89.6 Å². The number of ether oxygens (including phenoxy) is 2. The summed E-state index contributed by atoms with van der Waals surface area (Å²) in [6.45, 7) is -0.842.